The van der Waals surface area contributed by atoms with Crippen LogP contribution in [0.4, 0.5) is 13.2 Å². The van der Waals surface area contributed by atoms with Gasteiger partial charge in [-0.15, -0.1) is 13.2 Å². The van der Waals surface area contributed by atoms with Crippen LogP contribution in [0.2, 0.25) is 0 Å². The van der Waals surface area contributed by atoms with Gasteiger partial charge < -0.3 is 14.8 Å². The summed E-state index contributed by atoms with van der Waals surface area (Å²) in [4.78, 5) is 0. The molecule has 0 amide bonds. The van der Waals surface area contributed by atoms with Crippen molar-refractivity contribution in [2.45, 2.75) is 39.1 Å². The van der Waals surface area contributed by atoms with Crippen LogP contribution in [0.3, 0.4) is 0 Å². The minimum Gasteiger partial charge on any atom is -0.488 e. The fourth-order valence-electron chi connectivity index (χ4n) is 1.45. The van der Waals surface area contributed by atoms with Crippen LogP contribution in [0.25, 0.3) is 0 Å². The minimum atomic E-state index is -4.72. The lowest BCUT2D eigenvalue weighted by atomic mass is 10.0. The molecule has 0 aliphatic rings. The van der Waals surface area contributed by atoms with E-state index in [0.717, 1.165) is 6.42 Å². The zero-order valence-corrected chi connectivity index (χ0v) is 11.9. The quantitative estimate of drug-likeness (QED) is 0.776. The van der Waals surface area contributed by atoms with Gasteiger partial charge in [-0.25, -0.2) is 0 Å². The van der Waals surface area contributed by atoms with Gasteiger partial charge in [0.25, 0.3) is 0 Å². The second-order valence-electron chi connectivity index (χ2n) is 5.01. The zero-order valence-electron chi connectivity index (χ0n) is 11.9. The summed E-state index contributed by atoms with van der Waals surface area (Å²) in [6.45, 7) is 6.96. The molecule has 0 bridgehead atoms. The lowest BCUT2D eigenvalue weighted by Crippen LogP contribution is -2.40. The molecule has 0 aromatic heterocycles. The molecule has 0 saturated heterocycles. The maximum atomic E-state index is 12.2. The van der Waals surface area contributed by atoms with Crippen LogP contribution in [0, 0.1) is 0 Å². The molecule has 0 fully saturated rings. The van der Waals surface area contributed by atoms with E-state index in [4.69, 9.17) is 4.74 Å². The highest BCUT2D eigenvalue weighted by Crippen LogP contribution is 2.31. The SMILES string of the molecule is CCC(C)(C)NCCOc1ccccc1OC(F)(F)F. The first-order valence-electron chi connectivity index (χ1n) is 6.46. The minimum absolute atomic E-state index is 0.0225. The molecule has 0 saturated carbocycles. The van der Waals surface area contributed by atoms with Gasteiger partial charge in [-0.05, 0) is 32.4 Å². The van der Waals surface area contributed by atoms with Crippen LogP contribution < -0.4 is 14.8 Å². The molecule has 114 valence electrons. The normalized spacial score (nSPS) is 12.3. The Balaban J connectivity index is 2.52. The predicted octanol–water partition coefficient (Wildman–Crippen LogP) is 3.74. The van der Waals surface area contributed by atoms with E-state index in [1.54, 1.807) is 6.07 Å². The topological polar surface area (TPSA) is 30.5 Å². The molecule has 6 heteroatoms. The van der Waals surface area contributed by atoms with Gasteiger partial charge in [0.05, 0.1) is 0 Å². The largest absolute Gasteiger partial charge is 0.573 e. The summed E-state index contributed by atoms with van der Waals surface area (Å²) < 4.78 is 45.9. The molecule has 3 nitrogen and oxygen atoms in total. The monoisotopic (exact) mass is 291 g/mol. The molecule has 1 rings (SSSR count). The van der Waals surface area contributed by atoms with Crippen LogP contribution in [0.1, 0.15) is 27.2 Å². The van der Waals surface area contributed by atoms with E-state index in [2.05, 4.69) is 17.0 Å². The number of hydrogen-bond donors (Lipinski definition) is 1. The van der Waals surface area contributed by atoms with E-state index in [9.17, 15) is 13.2 Å². The molecular weight excluding hydrogens is 271 g/mol. The van der Waals surface area contributed by atoms with Crippen LogP contribution in [-0.4, -0.2) is 25.1 Å². The fraction of sp³-hybridized carbons (Fsp3) is 0.571. The third-order valence-electron chi connectivity index (χ3n) is 2.92. The first-order chi connectivity index (χ1) is 9.23. The van der Waals surface area contributed by atoms with Gasteiger partial charge in [0.15, 0.2) is 11.5 Å². The Labute approximate surface area is 117 Å². The van der Waals surface area contributed by atoms with Crippen molar-refractivity contribution in [1.29, 1.82) is 0 Å². The van der Waals surface area contributed by atoms with Gasteiger partial charge in [-0.3, -0.25) is 0 Å². The molecule has 1 aromatic rings. The number of para-hydroxylation sites is 2. The van der Waals surface area contributed by atoms with Gasteiger partial charge in [0.2, 0.25) is 0 Å². The highest BCUT2D eigenvalue weighted by atomic mass is 19.4. The highest BCUT2D eigenvalue weighted by Gasteiger charge is 2.32. The Morgan fingerprint density at radius 1 is 1.10 bits per heavy atom. The first kappa shape index (κ1) is 16.6. The van der Waals surface area contributed by atoms with Gasteiger partial charge >= 0.3 is 6.36 Å². The molecule has 0 aliphatic carbocycles. The van der Waals surface area contributed by atoms with Gasteiger partial charge in [-0.2, -0.15) is 0 Å². The summed E-state index contributed by atoms with van der Waals surface area (Å²) >= 11 is 0. The van der Waals surface area contributed by atoms with E-state index in [-0.39, 0.29) is 23.6 Å². The molecule has 0 aliphatic heterocycles. The Morgan fingerprint density at radius 2 is 1.70 bits per heavy atom. The van der Waals surface area contributed by atoms with Gasteiger partial charge in [0, 0.05) is 12.1 Å². The summed E-state index contributed by atoms with van der Waals surface area (Å²) in [6.07, 6.45) is -3.78. The van der Waals surface area contributed by atoms with Crippen molar-refractivity contribution in [1.82, 2.24) is 5.32 Å². The average molecular weight is 291 g/mol. The lowest BCUT2D eigenvalue weighted by Gasteiger charge is -2.24. The summed E-state index contributed by atoms with van der Waals surface area (Å²) in [6, 6.07) is 5.74. The lowest BCUT2D eigenvalue weighted by molar-refractivity contribution is -0.275. The third-order valence-corrected chi connectivity index (χ3v) is 2.92. The fourth-order valence-corrected chi connectivity index (χ4v) is 1.45. The van der Waals surface area contributed by atoms with Crippen molar-refractivity contribution >= 4 is 0 Å². The van der Waals surface area contributed by atoms with Crippen molar-refractivity contribution in [3.05, 3.63) is 24.3 Å². The number of rotatable bonds is 7. The third kappa shape index (κ3) is 6.14. The summed E-state index contributed by atoms with van der Waals surface area (Å²) in [7, 11) is 0. The zero-order chi connectivity index (χ0) is 15.2. The number of halogens is 3. The average Bonchev–Trinajstić information content (AvgIpc) is 2.35. The van der Waals surface area contributed by atoms with E-state index in [1.165, 1.54) is 18.2 Å². The second kappa shape index (κ2) is 6.83. The molecule has 0 atom stereocenters. The van der Waals surface area contributed by atoms with Crippen molar-refractivity contribution < 1.29 is 22.6 Å². The second-order valence-corrected chi connectivity index (χ2v) is 5.01. The van der Waals surface area contributed by atoms with Crippen molar-refractivity contribution in [2.24, 2.45) is 0 Å². The van der Waals surface area contributed by atoms with E-state index in [0.29, 0.717) is 6.54 Å². The van der Waals surface area contributed by atoms with Gasteiger partial charge in [-0.1, -0.05) is 19.1 Å². The molecular formula is C14H20F3NO2. The van der Waals surface area contributed by atoms with Crippen molar-refractivity contribution in [2.75, 3.05) is 13.2 Å². The maximum Gasteiger partial charge on any atom is 0.573 e. The number of alkyl halides is 3. The number of nitrogens with one attached hydrogen (secondary N) is 1. The van der Waals surface area contributed by atoms with Crippen LogP contribution >= 0.6 is 0 Å². The Bertz CT molecular complexity index is 419. The highest BCUT2D eigenvalue weighted by molar-refractivity contribution is 5.39. The summed E-state index contributed by atoms with van der Waals surface area (Å²) in [5, 5.41) is 3.26. The molecule has 0 radical (unpaired) electrons. The Morgan fingerprint density at radius 3 is 2.25 bits per heavy atom. The molecule has 20 heavy (non-hydrogen) atoms. The summed E-state index contributed by atoms with van der Waals surface area (Å²) in [5.41, 5.74) is -0.0225. The Hall–Kier alpha value is -1.43. The Kier molecular flexibility index (Phi) is 5.68. The predicted molar refractivity (Wildman–Crippen MR) is 71.0 cm³/mol. The van der Waals surface area contributed by atoms with E-state index < -0.39 is 6.36 Å². The number of benzene rings is 1. The van der Waals surface area contributed by atoms with E-state index >= 15 is 0 Å². The van der Waals surface area contributed by atoms with E-state index in [1.807, 2.05) is 13.8 Å². The molecule has 1 N–H and O–H groups in total. The summed E-state index contributed by atoms with van der Waals surface area (Å²) in [5.74, 6) is -0.240. The maximum absolute atomic E-state index is 12.2. The first-order valence-corrected chi connectivity index (χ1v) is 6.46. The standard InChI is InChI=1S/C14H20F3NO2/c1-4-13(2,3)18-9-10-19-11-7-5-6-8-12(11)20-14(15,16)17/h5-8,18H,4,9-10H2,1-3H3. The molecule has 0 spiro atoms. The van der Waals surface area contributed by atoms with Gasteiger partial charge in [0.1, 0.15) is 6.61 Å². The smallest absolute Gasteiger partial charge is 0.488 e. The van der Waals surface area contributed by atoms with Crippen LogP contribution in [-0.2, 0) is 0 Å². The van der Waals surface area contributed by atoms with Crippen LogP contribution in [0.15, 0.2) is 24.3 Å². The molecule has 0 unspecified atom stereocenters. The number of ether oxygens (including phenoxy) is 2. The van der Waals surface area contributed by atoms with Crippen molar-refractivity contribution in [3.63, 3.8) is 0 Å². The van der Waals surface area contributed by atoms with Crippen molar-refractivity contribution in [3.8, 4) is 11.5 Å². The molecule has 1 aromatic carbocycles. The molecule has 0 heterocycles. The number of hydrogen-bond acceptors (Lipinski definition) is 3. The van der Waals surface area contributed by atoms with Crippen LogP contribution in [0.5, 0.6) is 11.5 Å².